The molecule has 1 aliphatic rings. The fraction of sp³-hybridized carbons (Fsp3) is 0.500. The van der Waals surface area contributed by atoms with Crippen molar-refractivity contribution in [1.82, 2.24) is 5.32 Å². The molecule has 1 saturated carbocycles. The van der Waals surface area contributed by atoms with Crippen LogP contribution in [0.1, 0.15) is 25.3 Å². The van der Waals surface area contributed by atoms with Crippen LogP contribution in [0.25, 0.3) is 0 Å². The fourth-order valence-corrected chi connectivity index (χ4v) is 1.83. The molecule has 0 bridgehead atoms. The first-order valence-electron chi connectivity index (χ1n) is 5.10. The van der Waals surface area contributed by atoms with Gasteiger partial charge in [0.1, 0.15) is 0 Å². The molecule has 1 fully saturated rings. The molecule has 1 nitrogen and oxygen atoms in total. The highest BCUT2D eigenvalue weighted by atomic mass is 32.2. The topological polar surface area (TPSA) is 12.0 Å². The molecule has 0 amide bonds. The lowest BCUT2D eigenvalue weighted by Crippen LogP contribution is -2.26. The van der Waals surface area contributed by atoms with Crippen molar-refractivity contribution in [3.05, 3.63) is 29.8 Å². The molecule has 2 heteroatoms. The molecule has 1 N–H and O–H groups in total. The van der Waals surface area contributed by atoms with Crippen LogP contribution in [0, 0.1) is 0 Å². The molecule has 0 spiro atoms. The first kappa shape index (κ1) is 10.1. The Morgan fingerprint density at radius 3 is 2.43 bits per heavy atom. The Bertz CT molecular complexity index is 301. The quantitative estimate of drug-likeness (QED) is 0.762. The standard InChI is InChI=1S/C12H17NS/c1-12(7-8-12)13-9-10-3-5-11(14-2)6-4-10/h3-6,13H,7-9H2,1-2H3. The van der Waals surface area contributed by atoms with E-state index < -0.39 is 0 Å². The number of thioether (sulfide) groups is 1. The molecule has 0 saturated heterocycles. The van der Waals surface area contributed by atoms with Gasteiger partial charge in [0, 0.05) is 17.0 Å². The van der Waals surface area contributed by atoms with Crippen molar-refractivity contribution in [2.75, 3.05) is 6.26 Å². The lowest BCUT2D eigenvalue weighted by atomic mass is 10.2. The molecule has 1 aromatic rings. The van der Waals surface area contributed by atoms with Gasteiger partial charge in [-0.15, -0.1) is 11.8 Å². The van der Waals surface area contributed by atoms with Crippen LogP contribution in [-0.4, -0.2) is 11.8 Å². The molecule has 0 aliphatic heterocycles. The van der Waals surface area contributed by atoms with E-state index in [0.717, 1.165) is 6.54 Å². The van der Waals surface area contributed by atoms with Crippen LogP contribution in [0.4, 0.5) is 0 Å². The van der Waals surface area contributed by atoms with Crippen LogP contribution in [0.2, 0.25) is 0 Å². The van der Waals surface area contributed by atoms with Gasteiger partial charge in [0.2, 0.25) is 0 Å². The third kappa shape index (κ3) is 2.52. The second-order valence-electron chi connectivity index (χ2n) is 4.26. The van der Waals surface area contributed by atoms with Crippen molar-refractivity contribution in [2.45, 2.75) is 36.7 Å². The molecule has 0 heterocycles. The second kappa shape index (κ2) is 3.95. The van der Waals surface area contributed by atoms with E-state index in [1.165, 1.54) is 23.3 Å². The zero-order valence-corrected chi connectivity index (χ0v) is 9.66. The Morgan fingerprint density at radius 1 is 1.29 bits per heavy atom. The van der Waals surface area contributed by atoms with E-state index in [1.54, 1.807) is 11.8 Å². The summed E-state index contributed by atoms with van der Waals surface area (Å²) in [6.45, 7) is 3.30. The van der Waals surface area contributed by atoms with E-state index in [1.807, 2.05) is 0 Å². The van der Waals surface area contributed by atoms with Gasteiger partial charge >= 0.3 is 0 Å². The van der Waals surface area contributed by atoms with Crippen LogP contribution in [0.5, 0.6) is 0 Å². The third-order valence-electron chi connectivity index (χ3n) is 2.88. The first-order chi connectivity index (χ1) is 6.72. The third-order valence-corrected chi connectivity index (χ3v) is 3.62. The highest BCUT2D eigenvalue weighted by Gasteiger charge is 2.36. The number of hydrogen-bond donors (Lipinski definition) is 1. The Labute approximate surface area is 90.3 Å². The van der Waals surface area contributed by atoms with Crippen LogP contribution in [0.3, 0.4) is 0 Å². The summed E-state index contributed by atoms with van der Waals surface area (Å²) in [6, 6.07) is 8.81. The zero-order chi connectivity index (χ0) is 10.0. The summed E-state index contributed by atoms with van der Waals surface area (Å²) in [7, 11) is 0. The molecule has 2 rings (SSSR count). The van der Waals surface area contributed by atoms with Gasteiger partial charge in [0.15, 0.2) is 0 Å². The Balaban J connectivity index is 1.89. The van der Waals surface area contributed by atoms with E-state index in [2.05, 4.69) is 42.8 Å². The maximum Gasteiger partial charge on any atom is 0.0210 e. The summed E-state index contributed by atoms with van der Waals surface area (Å²) >= 11 is 1.79. The van der Waals surface area contributed by atoms with E-state index >= 15 is 0 Å². The number of hydrogen-bond acceptors (Lipinski definition) is 2. The predicted octanol–water partition coefficient (Wildman–Crippen LogP) is 3.05. The maximum atomic E-state index is 3.58. The summed E-state index contributed by atoms with van der Waals surface area (Å²) in [5, 5.41) is 3.58. The van der Waals surface area contributed by atoms with E-state index in [9.17, 15) is 0 Å². The number of benzene rings is 1. The van der Waals surface area contributed by atoms with Crippen molar-refractivity contribution in [3.8, 4) is 0 Å². The smallest absolute Gasteiger partial charge is 0.0210 e. The summed E-state index contributed by atoms with van der Waals surface area (Å²) in [5.41, 5.74) is 1.83. The van der Waals surface area contributed by atoms with Gasteiger partial charge in [0.05, 0.1) is 0 Å². The van der Waals surface area contributed by atoms with Gasteiger partial charge < -0.3 is 5.32 Å². The Morgan fingerprint density at radius 2 is 1.93 bits per heavy atom. The van der Waals surface area contributed by atoms with Gasteiger partial charge in [-0.05, 0) is 43.7 Å². The Hall–Kier alpha value is -0.470. The maximum absolute atomic E-state index is 3.58. The van der Waals surface area contributed by atoms with Crippen molar-refractivity contribution in [3.63, 3.8) is 0 Å². The van der Waals surface area contributed by atoms with Crippen molar-refractivity contribution < 1.29 is 0 Å². The van der Waals surface area contributed by atoms with Crippen molar-refractivity contribution in [2.24, 2.45) is 0 Å². The lowest BCUT2D eigenvalue weighted by Gasteiger charge is -2.11. The van der Waals surface area contributed by atoms with Gasteiger partial charge in [-0.1, -0.05) is 12.1 Å². The molecule has 76 valence electrons. The highest BCUT2D eigenvalue weighted by molar-refractivity contribution is 7.98. The summed E-state index contributed by atoms with van der Waals surface area (Å²) < 4.78 is 0. The Kier molecular flexibility index (Phi) is 2.84. The summed E-state index contributed by atoms with van der Waals surface area (Å²) in [5.74, 6) is 0. The van der Waals surface area contributed by atoms with E-state index in [-0.39, 0.29) is 0 Å². The minimum absolute atomic E-state index is 0.443. The van der Waals surface area contributed by atoms with Gasteiger partial charge in [-0.25, -0.2) is 0 Å². The molecule has 0 radical (unpaired) electrons. The molecule has 1 aromatic carbocycles. The fourth-order valence-electron chi connectivity index (χ4n) is 1.42. The largest absolute Gasteiger partial charge is 0.307 e. The molecular formula is C12H17NS. The van der Waals surface area contributed by atoms with Gasteiger partial charge in [-0.3, -0.25) is 0 Å². The molecule has 0 aromatic heterocycles. The normalized spacial score (nSPS) is 18.1. The highest BCUT2D eigenvalue weighted by Crippen LogP contribution is 2.34. The van der Waals surface area contributed by atoms with Crippen LogP contribution in [-0.2, 0) is 6.54 Å². The average molecular weight is 207 g/mol. The number of rotatable bonds is 4. The summed E-state index contributed by atoms with van der Waals surface area (Å²) in [4.78, 5) is 1.34. The van der Waals surface area contributed by atoms with Crippen LogP contribution < -0.4 is 5.32 Å². The minimum Gasteiger partial charge on any atom is -0.307 e. The average Bonchev–Trinajstić information content (AvgIpc) is 2.95. The molecule has 1 aliphatic carbocycles. The monoisotopic (exact) mass is 207 g/mol. The van der Waals surface area contributed by atoms with Crippen molar-refractivity contribution >= 4 is 11.8 Å². The molecule has 0 unspecified atom stereocenters. The second-order valence-corrected chi connectivity index (χ2v) is 5.14. The van der Waals surface area contributed by atoms with Crippen molar-refractivity contribution in [1.29, 1.82) is 0 Å². The first-order valence-corrected chi connectivity index (χ1v) is 6.32. The van der Waals surface area contributed by atoms with Crippen LogP contribution in [0.15, 0.2) is 29.2 Å². The summed E-state index contributed by atoms with van der Waals surface area (Å²) in [6.07, 6.45) is 4.77. The van der Waals surface area contributed by atoms with E-state index in [4.69, 9.17) is 0 Å². The molecule has 14 heavy (non-hydrogen) atoms. The SMILES string of the molecule is CSc1ccc(CNC2(C)CC2)cc1. The minimum atomic E-state index is 0.443. The van der Waals surface area contributed by atoms with Gasteiger partial charge in [-0.2, -0.15) is 0 Å². The van der Waals surface area contributed by atoms with Crippen LogP contribution >= 0.6 is 11.8 Å². The molecule has 0 atom stereocenters. The number of nitrogens with one attached hydrogen (secondary N) is 1. The predicted molar refractivity (Wildman–Crippen MR) is 62.7 cm³/mol. The molecular weight excluding hydrogens is 190 g/mol. The zero-order valence-electron chi connectivity index (χ0n) is 8.84. The lowest BCUT2D eigenvalue weighted by molar-refractivity contribution is 0.537. The van der Waals surface area contributed by atoms with E-state index in [0.29, 0.717) is 5.54 Å². The van der Waals surface area contributed by atoms with Gasteiger partial charge in [0.25, 0.3) is 0 Å².